The summed E-state index contributed by atoms with van der Waals surface area (Å²) in [4.78, 5) is 23.5. The Morgan fingerprint density at radius 2 is 1.75 bits per heavy atom. The Morgan fingerprint density at radius 3 is 2.25 bits per heavy atom. The third-order valence-electron chi connectivity index (χ3n) is 3.25. The average Bonchev–Trinajstić information content (AvgIpc) is 2.52. The normalized spacial score (nSPS) is 11.6. The van der Waals surface area contributed by atoms with Crippen LogP contribution in [0.15, 0.2) is 29.2 Å². The summed E-state index contributed by atoms with van der Waals surface area (Å²) in [5, 5.41) is 2.66. The zero-order valence-electron chi connectivity index (χ0n) is 14.4. The van der Waals surface area contributed by atoms with Gasteiger partial charge in [-0.05, 0) is 36.6 Å². The van der Waals surface area contributed by atoms with Gasteiger partial charge in [0, 0.05) is 20.6 Å². The number of hydrogen-bond donors (Lipinski definition) is 1. The summed E-state index contributed by atoms with van der Waals surface area (Å²) in [6.45, 7) is 4.26. The van der Waals surface area contributed by atoms with E-state index < -0.39 is 16.0 Å². The highest BCUT2D eigenvalue weighted by Crippen LogP contribution is 2.14. The molecular formula is C16H24N2O5S. The lowest BCUT2D eigenvalue weighted by molar-refractivity contribution is -0.124. The molecule has 1 aromatic carbocycles. The molecule has 0 heterocycles. The highest BCUT2D eigenvalue weighted by Gasteiger charge is 2.18. The van der Waals surface area contributed by atoms with E-state index in [1.165, 1.54) is 38.4 Å². The maximum atomic E-state index is 11.9. The molecular weight excluding hydrogens is 332 g/mol. The van der Waals surface area contributed by atoms with Gasteiger partial charge in [-0.1, -0.05) is 13.8 Å². The zero-order valence-corrected chi connectivity index (χ0v) is 15.2. The summed E-state index contributed by atoms with van der Waals surface area (Å²) in [7, 11) is -0.693. The van der Waals surface area contributed by atoms with Crippen LogP contribution in [-0.2, 0) is 19.6 Å². The number of sulfonamides is 1. The van der Waals surface area contributed by atoms with Crippen molar-refractivity contribution in [3.8, 4) is 0 Å². The number of carbonyl (C=O) groups excluding carboxylic acids is 2. The van der Waals surface area contributed by atoms with Crippen molar-refractivity contribution in [1.82, 2.24) is 9.62 Å². The molecule has 0 saturated heterocycles. The van der Waals surface area contributed by atoms with Crippen molar-refractivity contribution < 1.29 is 22.7 Å². The molecule has 0 spiro atoms. The number of benzene rings is 1. The lowest BCUT2D eigenvalue weighted by Crippen LogP contribution is -2.30. The summed E-state index contributed by atoms with van der Waals surface area (Å²) in [5.41, 5.74) is 0.183. The van der Waals surface area contributed by atoms with E-state index in [0.717, 1.165) is 10.7 Å². The summed E-state index contributed by atoms with van der Waals surface area (Å²) < 4.78 is 29.9. The SMILES string of the molecule is CC(C)CCNC(=O)COC(=O)c1ccc(S(=O)(=O)N(C)C)cc1. The first-order valence-corrected chi connectivity index (χ1v) is 9.05. The van der Waals surface area contributed by atoms with Crippen LogP contribution in [0.25, 0.3) is 0 Å². The highest BCUT2D eigenvalue weighted by molar-refractivity contribution is 7.89. The minimum Gasteiger partial charge on any atom is -0.452 e. The molecule has 1 aromatic rings. The molecule has 1 rings (SSSR count). The quantitative estimate of drug-likeness (QED) is 0.708. The molecule has 7 nitrogen and oxygen atoms in total. The minimum absolute atomic E-state index is 0.0791. The molecule has 0 bridgehead atoms. The average molecular weight is 356 g/mol. The Balaban J connectivity index is 2.56. The maximum absolute atomic E-state index is 11.9. The fraction of sp³-hybridized carbons (Fsp3) is 0.500. The second-order valence-corrected chi connectivity index (χ2v) is 8.07. The van der Waals surface area contributed by atoms with Crippen molar-refractivity contribution in [2.75, 3.05) is 27.2 Å². The number of esters is 1. The summed E-state index contributed by atoms with van der Waals surface area (Å²) >= 11 is 0. The van der Waals surface area contributed by atoms with Crippen molar-refractivity contribution in [2.24, 2.45) is 5.92 Å². The van der Waals surface area contributed by atoms with E-state index in [2.05, 4.69) is 5.32 Å². The Kier molecular flexibility index (Phi) is 7.37. The maximum Gasteiger partial charge on any atom is 0.338 e. The van der Waals surface area contributed by atoms with Crippen LogP contribution in [0.3, 0.4) is 0 Å². The second kappa shape index (κ2) is 8.79. The zero-order chi connectivity index (χ0) is 18.3. The van der Waals surface area contributed by atoms with Gasteiger partial charge in [-0.3, -0.25) is 4.79 Å². The first kappa shape index (κ1) is 20.1. The van der Waals surface area contributed by atoms with Gasteiger partial charge >= 0.3 is 5.97 Å². The number of carbonyl (C=O) groups is 2. The third-order valence-corrected chi connectivity index (χ3v) is 5.08. The number of ether oxygens (including phenoxy) is 1. The Morgan fingerprint density at radius 1 is 1.17 bits per heavy atom. The molecule has 8 heteroatoms. The van der Waals surface area contributed by atoms with Crippen molar-refractivity contribution in [3.63, 3.8) is 0 Å². The molecule has 24 heavy (non-hydrogen) atoms. The fourth-order valence-electron chi connectivity index (χ4n) is 1.74. The van der Waals surface area contributed by atoms with Crippen LogP contribution in [0.1, 0.15) is 30.6 Å². The van der Waals surface area contributed by atoms with Gasteiger partial charge in [0.2, 0.25) is 10.0 Å². The lowest BCUT2D eigenvalue weighted by Gasteiger charge is -2.11. The largest absolute Gasteiger partial charge is 0.452 e. The first-order chi connectivity index (χ1) is 11.1. The van der Waals surface area contributed by atoms with Gasteiger partial charge in [0.05, 0.1) is 10.5 Å². The smallest absolute Gasteiger partial charge is 0.338 e. The van der Waals surface area contributed by atoms with E-state index in [9.17, 15) is 18.0 Å². The molecule has 0 atom stereocenters. The predicted molar refractivity (Wildman–Crippen MR) is 90.1 cm³/mol. The number of amides is 1. The Bertz CT molecular complexity index is 666. The van der Waals surface area contributed by atoms with E-state index in [4.69, 9.17) is 4.74 Å². The van der Waals surface area contributed by atoms with E-state index >= 15 is 0 Å². The standard InChI is InChI=1S/C16H24N2O5S/c1-12(2)9-10-17-15(19)11-23-16(20)13-5-7-14(8-6-13)24(21,22)18(3)4/h5-8,12H,9-11H2,1-4H3,(H,17,19). The van der Waals surface area contributed by atoms with Crippen LogP contribution in [0.5, 0.6) is 0 Å². The highest BCUT2D eigenvalue weighted by atomic mass is 32.2. The summed E-state index contributed by atoms with van der Waals surface area (Å²) in [6.07, 6.45) is 0.849. The number of rotatable bonds is 8. The molecule has 0 radical (unpaired) electrons. The van der Waals surface area contributed by atoms with Gasteiger partial charge in [0.15, 0.2) is 6.61 Å². The van der Waals surface area contributed by atoms with Gasteiger partial charge in [-0.15, -0.1) is 0 Å². The molecule has 0 aromatic heterocycles. The first-order valence-electron chi connectivity index (χ1n) is 7.61. The van der Waals surface area contributed by atoms with Crippen LogP contribution in [0.4, 0.5) is 0 Å². The van der Waals surface area contributed by atoms with Crippen molar-refractivity contribution in [1.29, 1.82) is 0 Å². The van der Waals surface area contributed by atoms with Crippen LogP contribution >= 0.6 is 0 Å². The van der Waals surface area contributed by atoms with Crippen LogP contribution in [-0.4, -0.2) is 51.8 Å². The van der Waals surface area contributed by atoms with Crippen LogP contribution in [0, 0.1) is 5.92 Å². The number of nitrogens with zero attached hydrogens (tertiary/aromatic N) is 1. The Hall–Kier alpha value is -1.93. The molecule has 0 saturated carbocycles. The molecule has 0 aliphatic carbocycles. The molecule has 1 N–H and O–H groups in total. The summed E-state index contributed by atoms with van der Waals surface area (Å²) in [6, 6.07) is 5.37. The van der Waals surface area contributed by atoms with Gasteiger partial charge in [-0.25, -0.2) is 17.5 Å². The minimum atomic E-state index is -3.55. The molecule has 0 unspecified atom stereocenters. The monoisotopic (exact) mass is 356 g/mol. The van der Waals surface area contributed by atoms with E-state index in [0.29, 0.717) is 12.5 Å². The van der Waals surface area contributed by atoms with Crippen molar-refractivity contribution in [2.45, 2.75) is 25.2 Å². The van der Waals surface area contributed by atoms with E-state index in [-0.39, 0.29) is 23.0 Å². The van der Waals surface area contributed by atoms with E-state index in [1.54, 1.807) is 0 Å². The van der Waals surface area contributed by atoms with Gasteiger partial charge in [0.25, 0.3) is 5.91 Å². The van der Waals surface area contributed by atoms with Crippen LogP contribution < -0.4 is 5.32 Å². The number of hydrogen-bond acceptors (Lipinski definition) is 5. The Labute approximate surface area is 143 Å². The van der Waals surface area contributed by atoms with Crippen molar-refractivity contribution in [3.05, 3.63) is 29.8 Å². The topological polar surface area (TPSA) is 92.8 Å². The number of nitrogens with one attached hydrogen (secondary N) is 1. The van der Waals surface area contributed by atoms with Gasteiger partial charge in [-0.2, -0.15) is 0 Å². The third kappa shape index (κ3) is 5.93. The van der Waals surface area contributed by atoms with E-state index in [1.807, 2.05) is 13.8 Å². The van der Waals surface area contributed by atoms with Gasteiger partial charge < -0.3 is 10.1 Å². The molecule has 0 aliphatic heterocycles. The second-order valence-electron chi connectivity index (χ2n) is 5.92. The lowest BCUT2D eigenvalue weighted by atomic mass is 10.1. The summed E-state index contributed by atoms with van der Waals surface area (Å²) in [5.74, 6) is -0.566. The molecule has 0 fully saturated rings. The molecule has 0 aliphatic rings. The predicted octanol–water partition coefficient (Wildman–Crippen LogP) is 1.26. The fourth-order valence-corrected chi connectivity index (χ4v) is 2.64. The van der Waals surface area contributed by atoms with Crippen LogP contribution in [0.2, 0.25) is 0 Å². The molecule has 1 amide bonds. The molecule has 134 valence electrons. The van der Waals surface area contributed by atoms with Crippen molar-refractivity contribution >= 4 is 21.9 Å². The van der Waals surface area contributed by atoms with Gasteiger partial charge in [0.1, 0.15) is 0 Å².